The van der Waals surface area contributed by atoms with E-state index in [0.717, 1.165) is 0 Å². The Morgan fingerprint density at radius 2 is 1.74 bits per heavy atom. The summed E-state index contributed by atoms with van der Waals surface area (Å²) in [6.07, 6.45) is 0.177. The molecule has 1 aromatic rings. The largest absolute Gasteiger partial charge is 0.481 e. The average molecular weight is 266 g/mol. The summed E-state index contributed by atoms with van der Waals surface area (Å²) < 4.78 is 4.87. The molecule has 2 N–H and O–H groups in total. The maximum Gasteiger partial charge on any atom is 0.339 e. The van der Waals surface area contributed by atoms with Gasteiger partial charge in [0.2, 0.25) is 0 Å². The minimum absolute atomic E-state index is 0.0435. The molecular weight excluding hydrogens is 252 g/mol. The van der Waals surface area contributed by atoms with Gasteiger partial charge in [0.25, 0.3) is 0 Å². The SMILES string of the molecule is CC(CCOC(=O)c1ccccc1C(=O)O)C(=O)O. The number of carbonyl (C=O) groups is 3. The standard InChI is InChI=1S/C13H14O6/c1-8(11(14)15)6-7-19-13(18)10-5-3-2-4-9(10)12(16)17/h2-5,8H,6-7H2,1H3,(H,14,15)(H,16,17). The highest BCUT2D eigenvalue weighted by atomic mass is 16.5. The van der Waals surface area contributed by atoms with Crippen molar-refractivity contribution in [3.05, 3.63) is 35.4 Å². The monoisotopic (exact) mass is 266 g/mol. The van der Waals surface area contributed by atoms with Crippen LogP contribution in [-0.4, -0.2) is 34.7 Å². The third kappa shape index (κ3) is 4.09. The van der Waals surface area contributed by atoms with Gasteiger partial charge >= 0.3 is 17.9 Å². The molecule has 1 rings (SSSR count). The molecule has 6 nitrogen and oxygen atoms in total. The van der Waals surface area contributed by atoms with E-state index in [-0.39, 0.29) is 24.2 Å². The van der Waals surface area contributed by atoms with Crippen LogP contribution in [-0.2, 0) is 9.53 Å². The van der Waals surface area contributed by atoms with Crippen molar-refractivity contribution in [3.8, 4) is 0 Å². The summed E-state index contributed by atoms with van der Waals surface area (Å²) in [4.78, 5) is 33.2. The van der Waals surface area contributed by atoms with Crippen LogP contribution in [0, 0.1) is 5.92 Å². The summed E-state index contributed by atoms with van der Waals surface area (Å²) in [6.45, 7) is 1.43. The smallest absolute Gasteiger partial charge is 0.339 e. The van der Waals surface area contributed by atoms with Crippen molar-refractivity contribution in [2.75, 3.05) is 6.61 Å². The number of carbonyl (C=O) groups excluding carboxylic acids is 1. The van der Waals surface area contributed by atoms with Gasteiger partial charge in [-0.3, -0.25) is 4.79 Å². The van der Waals surface area contributed by atoms with Gasteiger partial charge in [-0.15, -0.1) is 0 Å². The molecule has 0 spiro atoms. The first kappa shape index (κ1) is 14.7. The number of carboxylic acids is 2. The zero-order chi connectivity index (χ0) is 14.4. The Bertz CT molecular complexity index is 494. The van der Waals surface area contributed by atoms with Crippen LogP contribution < -0.4 is 0 Å². The molecule has 0 saturated heterocycles. The highest BCUT2D eigenvalue weighted by Crippen LogP contribution is 2.11. The molecular formula is C13H14O6. The number of aromatic carboxylic acids is 1. The second-order valence-corrected chi connectivity index (χ2v) is 4.01. The zero-order valence-electron chi connectivity index (χ0n) is 10.3. The van der Waals surface area contributed by atoms with Crippen LogP contribution in [0.5, 0.6) is 0 Å². The fraction of sp³-hybridized carbons (Fsp3) is 0.308. The van der Waals surface area contributed by atoms with Crippen molar-refractivity contribution < 1.29 is 29.3 Å². The van der Waals surface area contributed by atoms with E-state index in [1.165, 1.54) is 31.2 Å². The van der Waals surface area contributed by atoms with E-state index >= 15 is 0 Å². The van der Waals surface area contributed by atoms with E-state index in [0.29, 0.717) is 0 Å². The molecule has 0 amide bonds. The third-order valence-electron chi connectivity index (χ3n) is 2.58. The number of esters is 1. The number of carboxylic acid groups (broad SMARTS) is 2. The summed E-state index contributed by atoms with van der Waals surface area (Å²) in [5.74, 6) is -3.58. The second kappa shape index (κ2) is 6.53. The van der Waals surface area contributed by atoms with E-state index < -0.39 is 23.8 Å². The predicted molar refractivity (Wildman–Crippen MR) is 65.1 cm³/mol. The van der Waals surface area contributed by atoms with Crippen LogP contribution in [0.2, 0.25) is 0 Å². The molecule has 102 valence electrons. The highest BCUT2D eigenvalue weighted by Gasteiger charge is 2.18. The molecule has 0 bridgehead atoms. The number of rotatable bonds is 6. The molecule has 1 unspecified atom stereocenters. The Morgan fingerprint density at radius 3 is 2.26 bits per heavy atom. The summed E-state index contributed by atoms with van der Waals surface area (Å²) in [7, 11) is 0. The van der Waals surface area contributed by atoms with Crippen molar-refractivity contribution >= 4 is 17.9 Å². The Kier molecular flexibility index (Phi) is 5.05. The van der Waals surface area contributed by atoms with Crippen molar-refractivity contribution in [1.29, 1.82) is 0 Å². The van der Waals surface area contributed by atoms with Crippen molar-refractivity contribution in [2.24, 2.45) is 5.92 Å². The topological polar surface area (TPSA) is 101 Å². The molecule has 0 heterocycles. The molecule has 0 saturated carbocycles. The molecule has 1 aromatic carbocycles. The maximum atomic E-state index is 11.7. The van der Waals surface area contributed by atoms with Crippen molar-refractivity contribution in [3.63, 3.8) is 0 Å². The van der Waals surface area contributed by atoms with Crippen LogP contribution in [0.15, 0.2) is 24.3 Å². The lowest BCUT2D eigenvalue weighted by atomic mass is 10.1. The first-order valence-electron chi connectivity index (χ1n) is 5.65. The minimum atomic E-state index is -1.22. The van der Waals surface area contributed by atoms with Gasteiger partial charge in [-0.25, -0.2) is 9.59 Å². The van der Waals surface area contributed by atoms with Gasteiger partial charge in [0.15, 0.2) is 0 Å². The van der Waals surface area contributed by atoms with Crippen LogP contribution in [0.25, 0.3) is 0 Å². The minimum Gasteiger partial charge on any atom is -0.481 e. The number of hydrogen-bond donors (Lipinski definition) is 2. The van der Waals surface area contributed by atoms with Crippen LogP contribution in [0.1, 0.15) is 34.1 Å². The van der Waals surface area contributed by atoms with Gasteiger partial charge in [0.1, 0.15) is 0 Å². The molecule has 19 heavy (non-hydrogen) atoms. The molecule has 0 fully saturated rings. The van der Waals surface area contributed by atoms with Crippen LogP contribution in [0.3, 0.4) is 0 Å². The van der Waals surface area contributed by atoms with E-state index in [9.17, 15) is 14.4 Å². The zero-order valence-corrected chi connectivity index (χ0v) is 10.3. The number of aliphatic carboxylic acids is 1. The third-order valence-corrected chi connectivity index (χ3v) is 2.58. The summed E-state index contributed by atoms with van der Waals surface area (Å²) >= 11 is 0. The summed E-state index contributed by atoms with van der Waals surface area (Å²) in [5, 5.41) is 17.6. The molecule has 0 aliphatic carbocycles. The predicted octanol–water partition coefficient (Wildman–Crippen LogP) is 1.65. The van der Waals surface area contributed by atoms with Crippen molar-refractivity contribution in [2.45, 2.75) is 13.3 Å². The van der Waals surface area contributed by atoms with Gasteiger partial charge in [-0.1, -0.05) is 19.1 Å². The molecule has 6 heteroatoms. The summed E-state index contributed by atoms with van der Waals surface area (Å²) in [5.41, 5.74) is -0.184. The summed E-state index contributed by atoms with van der Waals surface area (Å²) in [6, 6.07) is 5.70. The first-order valence-corrected chi connectivity index (χ1v) is 5.65. The van der Waals surface area contributed by atoms with Crippen LogP contribution in [0.4, 0.5) is 0 Å². The van der Waals surface area contributed by atoms with Crippen LogP contribution >= 0.6 is 0 Å². The van der Waals surface area contributed by atoms with E-state index in [4.69, 9.17) is 14.9 Å². The van der Waals surface area contributed by atoms with Gasteiger partial charge in [-0.05, 0) is 18.6 Å². The molecule has 1 atom stereocenters. The lowest BCUT2D eigenvalue weighted by Gasteiger charge is -2.08. The normalized spacial score (nSPS) is 11.6. The lowest BCUT2D eigenvalue weighted by Crippen LogP contribution is -2.16. The molecule has 0 aliphatic heterocycles. The first-order chi connectivity index (χ1) is 8.93. The van der Waals surface area contributed by atoms with E-state index in [2.05, 4.69) is 0 Å². The van der Waals surface area contributed by atoms with E-state index in [1.807, 2.05) is 0 Å². The molecule has 0 aromatic heterocycles. The van der Waals surface area contributed by atoms with E-state index in [1.54, 1.807) is 0 Å². The molecule has 0 aliphatic rings. The molecule has 0 radical (unpaired) electrons. The van der Waals surface area contributed by atoms with Gasteiger partial charge in [-0.2, -0.15) is 0 Å². The lowest BCUT2D eigenvalue weighted by molar-refractivity contribution is -0.141. The number of ether oxygens (including phenoxy) is 1. The maximum absolute atomic E-state index is 11.7. The van der Waals surface area contributed by atoms with Gasteiger partial charge in [0, 0.05) is 0 Å². The van der Waals surface area contributed by atoms with Gasteiger partial charge in [0.05, 0.1) is 23.7 Å². The number of benzene rings is 1. The average Bonchev–Trinajstić information content (AvgIpc) is 2.38. The highest BCUT2D eigenvalue weighted by molar-refractivity contribution is 6.02. The number of hydrogen-bond acceptors (Lipinski definition) is 4. The quantitative estimate of drug-likeness (QED) is 0.759. The Labute approximate surface area is 109 Å². The fourth-order valence-corrected chi connectivity index (χ4v) is 1.38. The Hall–Kier alpha value is -2.37. The second-order valence-electron chi connectivity index (χ2n) is 4.01. The fourth-order valence-electron chi connectivity index (χ4n) is 1.38. The Morgan fingerprint density at radius 1 is 1.16 bits per heavy atom. The Balaban J connectivity index is 2.64. The van der Waals surface area contributed by atoms with Crippen molar-refractivity contribution in [1.82, 2.24) is 0 Å². The van der Waals surface area contributed by atoms with Gasteiger partial charge < -0.3 is 14.9 Å².